The van der Waals surface area contributed by atoms with Gasteiger partial charge in [-0.05, 0) is 12.1 Å². The van der Waals surface area contributed by atoms with Crippen LogP contribution in [0.3, 0.4) is 0 Å². The molecule has 0 radical (unpaired) electrons. The van der Waals surface area contributed by atoms with E-state index in [0.29, 0.717) is 6.73 Å². The van der Waals surface area contributed by atoms with E-state index in [0.717, 1.165) is 18.0 Å². The molecule has 1 saturated heterocycles. The fourth-order valence-electron chi connectivity index (χ4n) is 1.67. The number of hydrogen-bond donors (Lipinski definition) is 1. The van der Waals surface area contributed by atoms with Crippen molar-refractivity contribution in [3.63, 3.8) is 0 Å². The van der Waals surface area contributed by atoms with Gasteiger partial charge in [0.2, 0.25) is 0 Å². The van der Waals surface area contributed by atoms with E-state index in [1.165, 1.54) is 0 Å². The number of rotatable bonds is 1. The molecular weight excluding hydrogens is 181 g/mol. The first kappa shape index (κ1) is 8.14. The summed E-state index contributed by atoms with van der Waals surface area (Å²) in [6.07, 6.45) is 0. The van der Waals surface area contributed by atoms with Gasteiger partial charge in [-0.1, -0.05) is 12.1 Å². The molecule has 0 amide bonds. The molecule has 2 aliphatic rings. The van der Waals surface area contributed by atoms with E-state index in [-0.39, 0.29) is 13.1 Å². The van der Waals surface area contributed by atoms with Gasteiger partial charge in [0.1, 0.15) is 17.5 Å². The molecule has 1 N–H and O–H groups in total. The van der Waals surface area contributed by atoms with Gasteiger partial charge < -0.3 is 14.0 Å². The summed E-state index contributed by atoms with van der Waals surface area (Å²) in [4.78, 5) is 0. The predicted molar refractivity (Wildman–Crippen MR) is 51.2 cm³/mol. The first-order chi connectivity index (χ1) is 6.93. The fourth-order valence-corrected chi connectivity index (χ4v) is 1.67. The summed E-state index contributed by atoms with van der Waals surface area (Å²) in [5.41, 5.74) is 0. The lowest BCUT2D eigenvalue weighted by Gasteiger charge is -2.09. The largest absolute Gasteiger partial charge is 0.627 e. The van der Waals surface area contributed by atoms with Crippen LogP contribution < -0.4 is 14.6 Å². The molecule has 3 rings (SSSR count). The highest BCUT2D eigenvalue weighted by Gasteiger charge is 2.42. The molecule has 4 nitrogen and oxygen atoms in total. The average molecular weight is 191 g/mol. The lowest BCUT2D eigenvalue weighted by molar-refractivity contribution is 0.144. The van der Waals surface area contributed by atoms with Gasteiger partial charge in [0, 0.05) is 6.54 Å². The number of para-hydroxylation sites is 2. The van der Waals surface area contributed by atoms with Crippen molar-refractivity contribution < 1.29 is 14.0 Å². The second-order valence-corrected chi connectivity index (χ2v) is 3.35. The molecule has 2 aliphatic heterocycles. The molecule has 0 spiro atoms. The quantitative estimate of drug-likeness (QED) is 0.653. The van der Waals surface area contributed by atoms with E-state index < -0.39 is 0 Å². The molecule has 2 heterocycles. The Morgan fingerprint density at radius 3 is 2.50 bits per heavy atom. The van der Waals surface area contributed by atoms with Crippen LogP contribution in [0.4, 0.5) is 0 Å². The Labute approximate surface area is 82.3 Å². The minimum Gasteiger partial charge on any atom is -0.521 e. The zero-order valence-electron chi connectivity index (χ0n) is 7.60. The summed E-state index contributed by atoms with van der Waals surface area (Å²) < 4.78 is 16.6. The van der Waals surface area contributed by atoms with Crippen LogP contribution in [0.2, 0.25) is 0 Å². The predicted octanol–water partition coefficient (Wildman–Crippen LogP) is 0.431. The Bertz CT molecular complexity index is 316. The molecule has 14 heavy (non-hydrogen) atoms. The number of nitrogens with one attached hydrogen (secondary N) is 1. The van der Waals surface area contributed by atoms with Crippen LogP contribution in [0.25, 0.3) is 0 Å². The maximum Gasteiger partial charge on any atom is 0.627 e. The molecule has 5 heteroatoms. The average Bonchev–Trinajstić information content (AvgIpc) is 2.86. The van der Waals surface area contributed by atoms with E-state index in [9.17, 15) is 0 Å². The van der Waals surface area contributed by atoms with Crippen molar-refractivity contribution in [3.05, 3.63) is 24.3 Å². The molecule has 1 atom stereocenters. The van der Waals surface area contributed by atoms with Crippen LogP contribution >= 0.6 is 0 Å². The van der Waals surface area contributed by atoms with Crippen LogP contribution in [0.5, 0.6) is 11.5 Å². The third-order valence-corrected chi connectivity index (χ3v) is 2.38. The van der Waals surface area contributed by atoms with Crippen molar-refractivity contribution in [2.75, 3.05) is 13.3 Å². The van der Waals surface area contributed by atoms with E-state index in [2.05, 4.69) is 5.32 Å². The van der Waals surface area contributed by atoms with Crippen LogP contribution in [0.1, 0.15) is 0 Å². The third-order valence-electron chi connectivity index (χ3n) is 2.38. The molecular formula is C9H10BNO3. The molecule has 0 aromatic heterocycles. The first-order valence-corrected chi connectivity index (χ1v) is 4.68. The number of hydrogen-bond acceptors (Lipinski definition) is 4. The van der Waals surface area contributed by atoms with E-state index >= 15 is 0 Å². The van der Waals surface area contributed by atoms with Crippen LogP contribution in [-0.4, -0.2) is 26.4 Å². The second kappa shape index (κ2) is 3.18. The summed E-state index contributed by atoms with van der Waals surface area (Å²) in [5.74, 6) is 1.60. The maximum absolute atomic E-state index is 5.60. The number of fused-ring (bicyclic) bond motifs is 1. The fraction of sp³-hybridized carbons (Fsp3) is 0.333. The van der Waals surface area contributed by atoms with E-state index in [1.807, 2.05) is 24.3 Å². The van der Waals surface area contributed by atoms with Crippen molar-refractivity contribution in [2.45, 2.75) is 6.00 Å². The number of benzene rings is 1. The standard InChI is InChI=1S/C9H10BNO3/c1-2-4-8-7(3-1)13-10(14-8)9-5-11-6-12-9/h1-4,9,11H,5-6H2. The molecule has 0 bridgehead atoms. The SMILES string of the molecule is c1ccc2c(c1)OB(C1CNCO1)O2. The Hall–Kier alpha value is -1.20. The van der Waals surface area contributed by atoms with Crippen molar-refractivity contribution in [1.82, 2.24) is 5.32 Å². The van der Waals surface area contributed by atoms with Gasteiger partial charge in [0.15, 0.2) is 0 Å². The highest BCUT2D eigenvalue weighted by molar-refractivity contribution is 6.49. The van der Waals surface area contributed by atoms with Crippen LogP contribution in [-0.2, 0) is 4.74 Å². The van der Waals surface area contributed by atoms with Crippen molar-refractivity contribution >= 4 is 7.12 Å². The topological polar surface area (TPSA) is 39.7 Å². The minimum absolute atomic E-state index is 0.0117. The molecule has 1 fully saturated rings. The maximum atomic E-state index is 5.60. The van der Waals surface area contributed by atoms with Crippen LogP contribution in [0, 0.1) is 0 Å². The molecule has 0 saturated carbocycles. The Balaban J connectivity index is 1.77. The Morgan fingerprint density at radius 1 is 1.21 bits per heavy atom. The Morgan fingerprint density at radius 2 is 1.93 bits per heavy atom. The van der Waals surface area contributed by atoms with Gasteiger partial charge in [-0.25, -0.2) is 0 Å². The molecule has 1 aromatic rings. The second-order valence-electron chi connectivity index (χ2n) is 3.35. The number of ether oxygens (including phenoxy) is 1. The molecule has 72 valence electrons. The summed E-state index contributed by atoms with van der Waals surface area (Å²) >= 11 is 0. The Kier molecular flexibility index (Phi) is 1.85. The van der Waals surface area contributed by atoms with Gasteiger partial charge in [-0.15, -0.1) is 0 Å². The third kappa shape index (κ3) is 1.25. The molecule has 1 aromatic carbocycles. The summed E-state index contributed by atoms with van der Waals surface area (Å²) in [6, 6.07) is 7.65. The normalized spacial score (nSPS) is 24.3. The van der Waals surface area contributed by atoms with Crippen molar-refractivity contribution in [3.8, 4) is 11.5 Å². The van der Waals surface area contributed by atoms with E-state index in [4.69, 9.17) is 14.0 Å². The van der Waals surface area contributed by atoms with Gasteiger partial charge in [0.25, 0.3) is 0 Å². The van der Waals surface area contributed by atoms with Gasteiger partial charge in [0.05, 0.1) is 6.73 Å². The minimum atomic E-state index is -0.303. The zero-order chi connectivity index (χ0) is 9.38. The highest BCUT2D eigenvalue weighted by atomic mass is 16.7. The van der Waals surface area contributed by atoms with Crippen molar-refractivity contribution in [1.29, 1.82) is 0 Å². The summed E-state index contributed by atoms with van der Waals surface area (Å²) in [7, 11) is -0.303. The van der Waals surface area contributed by atoms with Crippen LogP contribution in [0.15, 0.2) is 24.3 Å². The monoisotopic (exact) mass is 191 g/mol. The molecule has 0 aliphatic carbocycles. The van der Waals surface area contributed by atoms with Crippen molar-refractivity contribution in [2.24, 2.45) is 0 Å². The van der Waals surface area contributed by atoms with Gasteiger partial charge in [-0.3, -0.25) is 5.32 Å². The van der Waals surface area contributed by atoms with Gasteiger partial charge in [-0.2, -0.15) is 0 Å². The van der Waals surface area contributed by atoms with Gasteiger partial charge >= 0.3 is 7.12 Å². The smallest absolute Gasteiger partial charge is 0.521 e. The first-order valence-electron chi connectivity index (χ1n) is 4.68. The highest BCUT2D eigenvalue weighted by Crippen LogP contribution is 2.33. The lowest BCUT2D eigenvalue weighted by Crippen LogP contribution is -2.41. The molecule has 1 unspecified atom stereocenters. The van der Waals surface area contributed by atoms with E-state index in [1.54, 1.807) is 0 Å². The summed E-state index contributed by atoms with van der Waals surface area (Å²) in [5, 5.41) is 3.09. The lowest BCUT2D eigenvalue weighted by atomic mass is 9.81. The summed E-state index contributed by atoms with van der Waals surface area (Å²) in [6.45, 7) is 1.35. The zero-order valence-corrected chi connectivity index (χ0v) is 7.60.